The van der Waals surface area contributed by atoms with E-state index in [0.717, 1.165) is 24.3 Å². The Morgan fingerprint density at radius 1 is 1.00 bits per heavy atom. The fourth-order valence-corrected chi connectivity index (χ4v) is 2.19. The number of benzene rings is 2. The van der Waals surface area contributed by atoms with Gasteiger partial charge in [-0.15, -0.1) is 0 Å². The molecule has 0 aromatic heterocycles. The third kappa shape index (κ3) is 5.04. The number of carbonyl (C=O) groups excluding carboxylic acids is 1. The number of carbonyl (C=O) groups is 1. The van der Waals surface area contributed by atoms with Crippen molar-refractivity contribution in [1.82, 2.24) is 5.32 Å². The van der Waals surface area contributed by atoms with Crippen LogP contribution in [-0.2, 0) is 11.2 Å². The van der Waals surface area contributed by atoms with Gasteiger partial charge < -0.3 is 5.32 Å². The summed E-state index contributed by atoms with van der Waals surface area (Å²) in [6.45, 7) is 0. The Labute approximate surface area is 135 Å². The maximum absolute atomic E-state index is 13.1. The average Bonchev–Trinajstić information content (AvgIpc) is 2.51. The molecule has 0 aliphatic carbocycles. The van der Waals surface area contributed by atoms with Crippen LogP contribution in [0.1, 0.15) is 23.6 Å². The van der Waals surface area contributed by atoms with Gasteiger partial charge in [0.25, 0.3) is 0 Å². The van der Waals surface area contributed by atoms with Gasteiger partial charge in [-0.25, -0.2) is 8.78 Å². The van der Waals surface area contributed by atoms with E-state index in [2.05, 4.69) is 0 Å². The van der Waals surface area contributed by atoms with E-state index in [9.17, 15) is 26.7 Å². The first kappa shape index (κ1) is 17.9. The van der Waals surface area contributed by atoms with E-state index in [1.54, 1.807) is 6.07 Å². The van der Waals surface area contributed by atoms with Gasteiger partial charge in [-0.05, 0) is 41.8 Å². The van der Waals surface area contributed by atoms with Crippen LogP contribution in [0.15, 0.2) is 48.5 Å². The molecule has 2 nitrogen and oxygen atoms in total. The van der Waals surface area contributed by atoms with E-state index in [-0.39, 0.29) is 18.4 Å². The lowest BCUT2D eigenvalue weighted by Gasteiger charge is -2.22. The number of halogens is 5. The van der Waals surface area contributed by atoms with Crippen molar-refractivity contribution in [1.29, 1.82) is 0 Å². The van der Waals surface area contributed by atoms with Gasteiger partial charge in [0.05, 0.1) is 0 Å². The Hall–Kier alpha value is -2.44. The van der Waals surface area contributed by atoms with E-state index >= 15 is 0 Å². The molecule has 0 saturated heterocycles. The van der Waals surface area contributed by atoms with Crippen LogP contribution in [0.2, 0.25) is 0 Å². The zero-order chi connectivity index (χ0) is 17.7. The van der Waals surface area contributed by atoms with E-state index in [1.807, 2.05) is 5.32 Å². The Morgan fingerprint density at radius 2 is 1.67 bits per heavy atom. The van der Waals surface area contributed by atoms with Gasteiger partial charge >= 0.3 is 6.18 Å². The molecule has 128 valence electrons. The third-order valence-corrected chi connectivity index (χ3v) is 3.37. The van der Waals surface area contributed by atoms with Crippen molar-refractivity contribution in [2.24, 2.45) is 0 Å². The fraction of sp³-hybridized carbons (Fsp3) is 0.235. The monoisotopic (exact) mass is 343 g/mol. The Kier molecular flexibility index (Phi) is 5.54. The molecule has 24 heavy (non-hydrogen) atoms. The summed E-state index contributed by atoms with van der Waals surface area (Å²) < 4.78 is 65.3. The number of hydrogen-bond acceptors (Lipinski definition) is 1. The maximum atomic E-state index is 13.1. The minimum atomic E-state index is -4.72. The van der Waals surface area contributed by atoms with Gasteiger partial charge in [0.15, 0.2) is 6.04 Å². The highest BCUT2D eigenvalue weighted by molar-refractivity contribution is 5.76. The van der Waals surface area contributed by atoms with E-state index in [0.29, 0.717) is 5.56 Å². The Morgan fingerprint density at radius 3 is 2.25 bits per heavy atom. The molecule has 0 fully saturated rings. The Bertz CT molecular complexity index is 697. The molecule has 0 saturated carbocycles. The van der Waals surface area contributed by atoms with E-state index in [4.69, 9.17) is 0 Å². The second-order valence-electron chi connectivity index (χ2n) is 5.22. The standard InChI is InChI=1S/C17H14F5NO/c18-13-7-5-12(6-8-13)16(17(20,21)22)23-15(24)9-4-11-2-1-3-14(19)10-11/h1-3,5-8,10,16H,4,9H2,(H,23,24). The van der Waals surface area contributed by atoms with Crippen molar-refractivity contribution in [3.8, 4) is 0 Å². The predicted molar refractivity (Wildman–Crippen MR) is 78.1 cm³/mol. The van der Waals surface area contributed by atoms with Crippen LogP contribution in [0, 0.1) is 11.6 Å². The van der Waals surface area contributed by atoms with Crippen LogP contribution in [0.5, 0.6) is 0 Å². The summed E-state index contributed by atoms with van der Waals surface area (Å²) in [4.78, 5) is 11.8. The van der Waals surface area contributed by atoms with Crippen LogP contribution >= 0.6 is 0 Å². The molecule has 1 N–H and O–H groups in total. The summed E-state index contributed by atoms with van der Waals surface area (Å²) in [5.74, 6) is -1.98. The number of alkyl halides is 3. The predicted octanol–water partition coefficient (Wildman–Crippen LogP) is 4.32. The molecule has 0 aliphatic heterocycles. The lowest BCUT2D eigenvalue weighted by Crippen LogP contribution is -2.38. The number of aryl methyl sites for hydroxylation is 1. The van der Waals surface area contributed by atoms with Gasteiger partial charge in [-0.1, -0.05) is 24.3 Å². The summed E-state index contributed by atoms with van der Waals surface area (Å²) in [5, 5.41) is 1.90. The normalized spacial score (nSPS) is 12.7. The lowest BCUT2D eigenvalue weighted by molar-refractivity contribution is -0.163. The van der Waals surface area contributed by atoms with Crippen LogP contribution in [0.3, 0.4) is 0 Å². The number of nitrogens with one attached hydrogen (secondary N) is 1. The number of rotatable bonds is 5. The second kappa shape index (κ2) is 7.42. The van der Waals surface area contributed by atoms with Gasteiger partial charge in [-0.3, -0.25) is 4.79 Å². The second-order valence-corrected chi connectivity index (χ2v) is 5.22. The molecular weight excluding hydrogens is 329 g/mol. The zero-order valence-corrected chi connectivity index (χ0v) is 12.4. The largest absolute Gasteiger partial charge is 0.412 e. The number of hydrogen-bond donors (Lipinski definition) is 1. The summed E-state index contributed by atoms with van der Waals surface area (Å²) in [6, 6.07) is 7.00. The summed E-state index contributed by atoms with van der Waals surface area (Å²) in [7, 11) is 0. The lowest BCUT2D eigenvalue weighted by atomic mass is 10.1. The maximum Gasteiger partial charge on any atom is 0.412 e. The van der Waals surface area contributed by atoms with Crippen molar-refractivity contribution in [3.05, 3.63) is 71.3 Å². The minimum absolute atomic E-state index is 0.109. The van der Waals surface area contributed by atoms with Gasteiger partial charge in [0.1, 0.15) is 11.6 Å². The molecule has 2 rings (SSSR count). The van der Waals surface area contributed by atoms with Crippen molar-refractivity contribution in [2.75, 3.05) is 0 Å². The molecule has 2 aromatic rings. The smallest absolute Gasteiger partial charge is 0.341 e. The molecule has 0 spiro atoms. The zero-order valence-electron chi connectivity index (χ0n) is 12.4. The van der Waals surface area contributed by atoms with Crippen LogP contribution in [-0.4, -0.2) is 12.1 Å². The molecule has 0 heterocycles. The van der Waals surface area contributed by atoms with Gasteiger partial charge in [0, 0.05) is 6.42 Å². The molecule has 2 aromatic carbocycles. The minimum Gasteiger partial charge on any atom is -0.341 e. The van der Waals surface area contributed by atoms with Crippen LogP contribution in [0.25, 0.3) is 0 Å². The highest BCUT2D eigenvalue weighted by Crippen LogP contribution is 2.32. The SMILES string of the molecule is O=C(CCc1cccc(F)c1)NC(c1ccc(F)cc1)C(F)(F)F. The molecule has 1 unspecified atom stereocenters. The summed E-state index contributed by atoms with van der Waals surface area (Å²) >= 11 is 0. The van der Waals surface area contributed by atoms with Crippen molar-refractivity contribution in [2.45, 2.75) is 25.1 Å². The molecular formula is C17H14F5NO. The Balaban J connectivity index is 2.03. The van der Waals surface area contributed by atoms with E-state index in [1.165, 1.54) is 18.2 Å². The summed E-state index contributed by atoms with van der Waals surface area (Å²) in [6.07, 6.45) is -4.83. The highest BCUT2D eigenvalue weighted by Gasteiger charge is 2.41. The van der Waals surface area contributed by atoms with Crippen molar-refractivity contribution >= 4 is 5.91 Å². The van der Waals surface area contributed by atoms with E-state index < -0.39 is 29.8 Å². The molecule has 0 radical (unpaired) electrons. The molecule has 0 bridgehead atoms. The number of amides is 1. The first-order valence-corrected chi connectivity index (χ1v) is 7.11. The molecule has 1 atom stereocenters. The van der Waals surface area contributed by atoms with Crippen LogP contribution < -0.4 is 5.32 Å². The quantitative estimate of drug-likeness (QED) is 0.805. The molecule has 0 aliphatic rings. The molecule has 1 amide bonds. The van der Waals surface area contributed by atoms with Gasteiger partial charge in [-0.2, -0.15) is 13.2 Å². The fourth-order valence-electron chi connectivity index (χ4n) is 2.19. The van der Waals surface area contributed by atoms with Crippen molar-refractivity contribution < 1.29 is 26.7 Å². The first-order valence-electron chi connectivity index (χ1n) is 7.11. The highest BCUT2D eigenvalue weighted by atomic mass is 19.4. The first-order chi connectivity index (χ1) is 11.3. The molecule has 7 heteroatoms. The van der Waals surface area contributed by atoms with Crippen molar-refractivity contribution in [3.63, 3.8) is 0 Å². The van der Waals surface area contributed by atoms with Crippen LogP contribution in [0.4, 0.5) is 22.0 Å². The topological polar surface area (TPSA) is 29.1 Å². The third-order valence-electron chi connectivity index (χ3n) is 3.37. The van der Waals surface area contributed by atoms with Gasteiger partial charge in [0.2, 0.25) is 5.91 Å². The average molecular weight is 343 g/mol. The summed E-state index contributed by atoms with van der Waals surface area (Å²) in [5.41, 5.74) is 0.249.